The van der Waals surface area contributed by atoms with E-state index in [1.54, 1.807) is 30.3 Å². The molecular formula is C23H21NO8. The van der Waals surface area contributed by atoms with Gasteiger partial charge in [0, 0.05) is 17.7 Å². The van der Waals surface area contributed by atoms with Gasteiger partial charge in [0.2, 0.25) is 0 Å². The van der Waals surface area contributed by atoms with Crippen molar-refractivity contribution in [2.75, 3.05) is 33.3 Å². The molecule has 0 saturated heterocycles. The van der Waals surface area contributed by atoms with Gasteiger partial charge >= 0.3 is 5.97 Å². The smallest absolute Gasteiger partial charge is 0.340 e. The Kier molecular flexibility index (Phi) is 7.12. The van der Waals surface area contributed by atoms with E-state index in [2.05, 4.69) is 5.32 Å². The first kappa shape index (κ1) is 22.4. The largest absolute Gasteiger partial charge is 0.497 e. The van der Waals surface area contributed by atoms with E-state index in [1.807, 2.05) is 0 Å². The van der Waals surface area contributed by atoms with Crippen LogP contribution in [-0.2, 0) is 4.74 Å². The molecule has 1 N–H and O–H groups in total. The van der Waals surface area contributed by atoms with E-state index in [4.69, 9.17) is 23.4 Å². The highest BCUT2D eigenvalue weighted by atomic mass is 16.5. The van der Waals surface area contributed by atoms with Crippen LogP contribution in [0.25, 0.3) is 0 Å². The Morgan fingerprint density at radius 3 is 2.19 bits per heavy atom. The average molecular weight is 439 g/mol. The maximum atomic E-state index is 12.8. The van der Waals surface area contributed by atoms with Crippen LogP contribution in [-0.4, -0.2) is 45.6 Å². The Bertz CT molecular complexity index is 1100. The van der Waals surface area contributed by atoms with Gasteiger partial charge in [-0.2, -0.15) is 0 Å². The van der Waals surface area contributed by atoms with Crippen LogP contribution in [0.3, 0.4) is 0 Å². The van der Waals surface area contributed by atoms with Crippen LogP contribution in [0.15, 0.2) is 59.2 Å². The molecule has 0 bridgehead atoms. The zero-order valence-corrected chi connectivity index (χ0v) is 17.7. The third-order valence-corrected chi connectivity index (χ3v) is 4.48. The molecule has 0 spiro atoms. The third-order valence-electron chi connectivity index (χ3n) is 4.48. The number of methoxy groups -OCH3 is 3. The van der Waals surface area contributed by atoms with E-state index in [0.29, 0.717) is 11.3 Å². The zero-order chi connectivity index (χ0) is 23.1. The normalized spacial score (nSPS) is 10.2. The fourth-order valence-electron chi connectivity index (χ4n) is 2.81. The second-order valence-electron chi connectivity index (χ2n) is 6.41. The highest BCUT2D eigenvalue weighted by molar-refractivity contribution is 6.07. The van der Waals surface area contributed by atoms with E-state index >= 15 is 0 Å². The van der Waals surface area contributed by atoms with Crippen LogP contribution < -0.4 is 19.5 Å². The zero-order valence-electron chi connectivity index (χ0n) is 17.7. The van der Waals surface area contributed by atoms with E-state index in [9.17, 15) is 14.4 Å². The van der Waals surface area contributed by atoms with Crippen molar-refractivity contribution in [3.05, 3.63) is 71.7 Å². The lowest BCUT2D eigenvalue weighted by atomic mass is 10.1. The number of furan rings is 1. The number of hydrogen-bond acceptors (Lipinski definition) is 8. The maximum absolute atomic E-state index is 12.8. The van der Waals surface area contributed by atoms with Gasteiger partial charge in [-0.25, -0.2) is 4.79 Å². The third kappa shape index (κ3) is 5.07. The van der Waals surface area contributed by atoms with Crippen LogP contribution >= 0.6 is 0 Å². The minimum Gasteiger partial charge on any atom is -0.497 e. The first-order valence-corrected chi connectivity index (χ1v) is 9.42. The van der Waals surface area contributed by atoms with Crippen LogP contribution in [0.5, 0.6) is 17.2 Å². The Morgan fingerprint density at radius 2 is 1.59 bits per heavy atom. The number of esters is 1. The van der Waals surface area contributed by atoms with Gasteiger partial charge < -0.3 is 28.7 Å². The van der Waals surface area contributed by atoms with Crippen molar-refractivity contribution in [2.45, 2.75) is 0 Å². The molecule has 1 amide bonds. The summed E-state index contributed by atoms with van der Waals surface area (Å²) < 4.78 is 25.8. The number of nitrogens with one attached hydrogen (secondary N) is 1. The quantitative estimate of drug-likeness (QED) is 0.397. The van der Waals surface area contributed by atoms with E-state index in [1.165, 1.54) is 45.8 Å². The summed E-state index contributed by atoms with van der Waals surface area (Å²) in [5.74, 6) is -0.629. The molecule has 0 unspecified atom stereocenters. The minimum atomic E-state index is -0.831. The number of rotatable bonds is 9. The SMILES string of the molecule is COc1ccc(C(=O)COC(=O)c2cc(OC)c(OC)cc2NC(=O)c2ccco2)cc1. The van der Waals surface area contributed by atoms with E-state index in [0.717, 1.165) is 0 Å². The molecule has 0 radical (unpaired) electrons. The number of anilines is 1. The topological polar surface area (TPSA) is 113 Å². The van der Waals surface area contributed by atoms with Crippen LogP contribution in [0.4, 0.5) is 5.69 Å². The van der Waals surface area contributed by atoms with Crippen molar-refractivity contribution in [1.82, 2.24) is 0 Å². The molecule has 0 atom stereocenters. The van der Waals surface area contributed by atoms with Crippen molar-refractivity contribution in [3.63, 3.8) is 0 Å². The Morgan fingerprint density at radius 1 is 0.906 bits per heavy atom. The Hall–Kier alpha value is -4.27. The van der Waals surface area contributed by atoms with Gasteiger partial charge in [-0.3, -0.25) is 9.59 Å². The second kappa shape index (κ2) is 10.2. The van der Waals surface area contributed by atoms with E-state index in [-0.39, 0.29) is 28.5 Å². The summed E-state index contributed by atoms with van der Waals surface area (Å²) in [5, 5.41) is 2.58. The van der Waals surface area contributed by atoms with Gasteiger partial charge in [0.05, 0.1) is 38.8 Å². The molecule has 9 nitrogen and oxygen atoms in total. The molecule has 0 saturated carbocycles. The van der Waals surface area contributed by atoms with Crippen LogP contribution in [0.2, 0.25) is 0 Å². The number of carbonyl (C=O) groups is 3. The number of carbonyl (C=O) groups excluding carboxylic acids is 3. The predicted octanol–water partition coefficient (Wildman–Crippen LogP) is 3.60. The first-order chi connectivity index (χ1) is 15.5. The summed E-state index contributed by atoms with van der Waals surface area (Å²) in [5.41, 5.74) is 0.438. The van der Waals surface area contributed by atoms with Crippen LogP contribution in [0, 0.1) is 0 Å². The Balaban J connectivity index is 1.81. The van der Waals surface area contributed by atoms with Gasteiger partial charge in [-0.1, -0.05) is 0 Å². The average Bonchev–Trinajstić information content (AvgIpc) is 3.37. The number of hydrogen-bond donors (Lipinski definition) is 1. The number of ketones is 1. The fraction of sp³-hybridized carbons (Fsp3) is 0.174. The van der Waals surface area contributed by atoms with Crippen molar-refractivity contribution in [1.29, 1.82) is 0 Å². The van der Waals surface area contributed by atoms with Gasteiger partial charge in [-0.05, 0) is 36.4 Å². The minimum absolute atomic E-state index is 0.0231. The summed E-state index contributed by atoms with van der Waals surface area (Å²) in [6, 6.07) is 12.2. The van der Waals surface area contributed by atoms with Crippen molar-refractivity contribution in [2.24, 2.45) is 0 Å². The molecule has 9 heteroatoms. The molecule has 1 heterocycles. The first-order valence-electron chi connectivity index (χ1n) is 9.42. The molecular weight excluding hydrogens is 418 g/mol. The van der Waals surface area contributed by atoms with Gasteiger partial charge in [0.1, 0.15) is 5.75 Å². The van der Waals surface area contributed by atoms with Gasteiger partial charge in [0.25, 0.3) is 5.91 Å². The fourth-order valence-corrected chi connectivity index (χ4v) is 2.81. The Labute approximate surface area is 183 Å². The lowest BCUT2D eigenvalue weighted by Gasteiger charge is -2.15. The van der Waals surface area contributed by atoms with Crippen molar-refractivity contribution >= 4 is 23.3 Å². The molecule has 0 fully saturated rings. The molecule has 3 aromatic rings. The molecule has 2 aromatic carbocycles. The summed E-state index contributed by atoms with van der Waals surface area (Å²) in [6.45, 7) is -0.495. The summed E-state index contributed by atoms with van der Waals surface area (Å²) in [7, 11) is 4.34. The standard InChI is InChI=1S/C23H21NO8/c1-28-15-8-6-14(7-9-15)18(25)13-32-23(27)16-11-20(29-2)21(30-3)12-17(16)24-22(26)19-5-4-10-31-19/h4-12H,13H2,1-3H3,(H,24,26). The van der Waals surface area contributed by atoms with Gasteiger partial charge in [0.15, 0.2) is 29.6 Å². The molecule has 0 aliphatic carbocycles. The molecule has 0 aliphatic rings. The predicted molar refractivity (Wildman–Crippen MR) is 114 cm³/mol. The highest BCUT2D eigenvalue weighted by Crippen LogP contribution is 2.34. The number of amides is 1. The van der Waals surface area contributed by atoms with Crippen molar-refractivity contribution in [3.8, 4) is 17.2 Å². The molecule has 0 aliphatic heterocycles. The van der Waals surface area contributed by atoms with Crippen molar-refractivity contribution < 1.29 is 37.7 Å². The molecule has 166 valence electrons. The lowest BCUT2D eigenvalue weighted by Crippen LogP contribution is -2.18. The van der Waals surface area contributed by atoms with E-state index < -0.39 is 24.3 Å². The monoisotopic (exact) mass is 439 g/mol. The summed E-state index contributed by atoms with van der Waals surface area (Å²) in [6.07, 6.45) is 1.35. The number of ether oxygens (including phenoxy) is 4. The lowest BCUT2D eigenvalue weighted by molar-refractivity contribution is 0.0475. The summed E-state index contributed by atoms with van der Waals surface area (Å²) >= 11 is 0. The molecule has 1 aromatic heterocycles. The highest BCUT2D eigenvalue weighted by Gasteiger charge is 2.22. The number of Topliss-reactive ketones (excluding diaryl/α,β-unsaturated/α-hetero) is 1. The summed E-state index contributed by atoms with van der Waals surface area (Å²) in [4.78, 5) is 37.6. The second-order valence-corrected chi connectivity index (χ2v) is 6.41. The molecule has 3 rings (SSSR count). The molecule has 32 heavy (non-hydrogen) atoms. The number of benzene rings is 2. The van der Waals surface area contributed by atoms with Crippen LogP contribution in [0.1, 0.15) is 31.3 Å². The maximum Gasteiger partial charge on any atom is 0.340 e. The van der Waals surface area contributed by atoms with Gasteiger partial charge in [-0.15, -0.1) is 0 Å².